The van der Waals surface area contributed by atoms with Gasteiger partial charge in [-0.15, -0.1) is 0 Å². The lowest BCUT2D eigenvalue weighted by Gasteiger charge is -2.12. The van der Waals surface area contributed by atoms with E-state index in [4.69, 9.17) is 5.73 Å². The average Bonchev–Trinajstić information content (AvgIpc) is 2.47. The van der Waals surface area contributed by atoms with Crippen molar-refractivity contribution in [3.63, 3.8) is 0 Å². The maximum atomic E-state index is 5.90. The SMILES string of the molecule is Cc1cc(NCc2ccccc2Br)c2cc(N)ccc2n1. The fourth-order valence-corrected chi connectivity index (χ4v) is 2.78. The minimum Gasteiger partial charge on any atom is -0.399 e. The summed E-state index contributed by atoms with van der Waals surface area (Å²) in [5, 5.41) is 4.54. The van der Waals surface area contributed by atoms with Crippen LogP contribution in [0.4, 0.5) is 11.4 Å². The molecule has 106 valence electrons. The standard InChI is InChI=1S/C17H16BrN3/c1-11-8-17(14-9-13(19)6-7-16(14)21-11)20-10-12-4-2-3-5-15(12)18/h2-9H,10,19H2,1H3,(H,20,21). The number of nitrogens with two attached hydrogens (primary N) is 1. The molecule has 0 fully saturated rings. The molecule has 3 N–H and O–H groups in total. The lowest BCUT2D eigenvalue weighted by atomic mass is 10.1. The molecular weight excluding hydrogens is 326 g/mol. The first-order valence-corrected chi connectivity index (χ1v) is 7.57. The van der Waals surface area contributed by atoms with Crippen molar-refractivity contribution >= 4 is 38.2 Å². The lowest BCUT2D eigenvalue weighted by molar-refractivity contribution is 1.13. The topological polar surface area (TPSA) is 50.9 Å². The largest absolute Gasteiger partial charge is 0.399 e. The third-order valence-electron chi connectivity index (χ3n) is 3.39. The Morgan fingerprint density at radius 3 is 2.76 bits per heavy atom. The molecule has 4 heteroatoms. The second-order valence-corrected chi connectivity index (χ2v) is 5.89. The number of hydrogen-bond donors (Lipinski definition) is 2. The highest BCUT2D eigenvalue weighted by molar-refractivity contribution is 9.10. The Kier molecular flexibility index (Phi) is 3.80. The molecule has 3 aromatic rings. The van der Waals surface area contributed by atoms with Crippen molar-refractivity contribution in [2.45, 2.75) is 13.5 Å². The summed E-state index contributed by atoms with van der Waals surface area (Å²) in [5.74, 6) is 0. The lowest BCUT2D eigenvalue weighted by Crippen LogP contribution is -2.02. The number of rotatable bonds is 3. The van der Waals surface area contributed by atoms with Crippen molar-refractivity contribution in [3.8, 4) is 0 Å². The van der Waals surface area contributed by atoms with Gasteiger partial charge in [0.1, 0.15) is 0 Å². The fraction of sp³-hybridized carbons (Fsp3) is 0.118. The van der Waals surface area contributed by atoms with Crippen LogP contribution in [0.2, 0.25) is 0 Å². The molecule has 0 saturated carbocycles. The molecule has 0 aliphatic carbocycles. The second-order valence-electron chi connectivity index (χ2n) is 5.03. The normalized spacial score (nSPS) is 10.8. The van der Waals surface area contributed by atoms with E-state index in [0.29, 0.717) is 0 Å². The van der Waals surface area contributed by atoms with Crippen LogP contribution in [0.1, 0.15) is 11.3 Å². The van der Waals surface area contributed by atoms with Crippen LogP contribution in [-0.2, 0) is 6.54 Å². The van der Waals surface area contributed by atoms with E-state index in [-0.39, 0.29) is 0 Å². The van der Waals surface area contributed by atoms with Crippen LogP contribution < -0.4 is 11.1 Å². The monoisotopic (exact) mass is 341 g/mol. The average molecular weight is 342 g/mol. The molecule has 1 aromatic heterocycles. The quantitative estimate of drug-likeness (QED) is 0.689. The maximum Gasteiger partial charge on any atom is 0.0727 e. The molecule has 1 heterocycles. The van der Waals surface area contributed by atoms with Gasteiger partial charge >= 0.3 is 0 Å². The van der Waals surface area contributed by atoms with Gasteiger partial charge in [0.15, 0.2) is 0 Å². The minimum absolute atomic E-state index is 0.745. The van der Waals surface area contributed by atoms with Crippen molar-refractivity contribution in [1.82, 2.24) is 4.98 Å². The van der Waals surface area contributed by atoms with Crippen LogP contribution in [0.5, 0.6) is 0 Å². The molecule has 0 atom stereocenters. The first-order valence-electron chi connectivity index (χ1n) is 6.77. The van der Waals surface area contributed by atoms with E-state index >= 15 is 0 Å². The van der Waals surface area contributed by atoms with Crippen molar-refractivity contribution < 1.29 is 0 Å². The number of halogens is 1. The Morgan fingerprint density at radius 1 is 1.14 bits per heavy atom. The Balaban J connectivity index is 1.96. The number of hydrogen-bond acceptors (Lipinski definition) is 3. The summed E-state index contributed by atoms with van der Waals surface area (Å²) < 4.78 is 1.10. The molecule has 2 aromatic carbocycles. The third-order valence-corrected chi connectivity index (χ3v) is 4.16. The third kappa shape index (κ3) is 3.00. The molecule has 0 saturated heterocycles. The van der Waals surface area contributed by atoms with Crippen LogP contribution in [-0.4, -0.2) is 4.98 Å². The Labute approximate surface area is 132 Å². The van der Waals surface area contributed by atoms with Gasteiger partial charge in [-0.2, -0.15) is 0 Å². The van der Waals surface area contributed by atoms with E-state index in [1.807, 2.05) is 43.3 Å². The first-order chi connectivity index (χ1) is 10.1. The zero-order valence-corrected chi connectivity index (χ0v) is 13.3. The van der Waals surface area contributed by atoms with Crippen LogP contribution >= 0.6 is 15.9 Å². The second kappa shape index (κ2) is 5.74. The predicted molar refractivity (Wildman–Crippen MR) is 92.4 cm³/mol. The number of fused-ring (bicyclic) bond motifs is 1. The van der Waals surface area contributed by atoms with Crippen molar-refractivity contribution in [3.05, 3.63) is 64.3 Å². The number of nitrogens with zero attached hydrogens (tertiary/aromatic N) is 1. The van der Waals surface area contributed by atoms with E-state index < -0.39 is 0 Å². The van der Waals surface area contributed by atoms with Crippen molar-refractivity contribution in [1.29, 1.82) is 0 Å². The summed E-state index contributed by atoms with van der Waals surface area (Å²) in [6.45, 7) is 2.74. The number of pyridine rings is 1. The summed E-state index contributed by atoms with van der Waals surface area (Å²) in [5.41, 5.74) is 10.9. The summed E-state index contributed by atoms with van der Waals surface area (Å²) in [7, 11) is 0. The van der Waals surface area contributed by atoms with Gasteiger partial charge in [-0.1, -0.05) is 34.1 Å². The van der Waals surface area contributed by atoms with Crippen molar-refractivity contribution in [2.75, 3.05) is 11.1 Å². The molecule has 0 radical (unpaired) electrons. The maximum absolute atomic E-state index is 5.90. The summed E-state index contributed by atoms with van der Waals surface area (Å²) in [6, 6.07) is 16.1. The van der Waals surface area contributed by atoms with Crippen molar-refractivity contribution in [2.24, 2.45) is 0 Å². The predicted octanol–water partition coefficient (Wildman–Crippen LogP) is 4.50. The van der Waals surface area contributed by atoms with Gasteiger partial charge in [-0.3, -0.25) is 4.98 Å². The number of nitrogen functional groups attached to an aromatic ring is 1. The van der Waals surface area contributed by atoms with E-state index in [1.54, 1.807) is 0 Å². The highest BCUT2D eigenvalue weighted by Gasteiger charge is 2.05. The van der Waals surface area contributed by atoms with Gasteiger partial charge in [-0.05, 0) is 42.8 Å². The van der Waals surface area contributed by atoms with E-state index in [1.165, 1.54) is 5.56 Å². The Morgan fingerprint density at radius 2 is 1.95 bits per heavy atom. The molecule has 0 unspecified atom stereocenters. The first kappa shape index (κ1) is 13.9. The summed E-state index contributed by atoms with van der Waals surface area (Å²) in [4.78, 5) is 4.55. The Hall–Kier alpha value is -2.07. The minimum atomic E-state index is 0.745. The Bertz CT molecular complexity index is 799. The molecule has 0 amide bonds. The molecule has 3 rings (SSSR count). The fourth-order valence-electron chi connectivity index (χ4n) is 2.35. The molecular formula is C17H16BrN3. The van der Waals surface area contributed by atoms with Gasteiger partial charge in [-0.25, -0.2) is 0 Å². The van der Waals surface area contributed by atoms with E-state index in [0.717, 1.165) is 39.0 Å². The summed E-state index contributed by atoms with van der Waals surface area (Å²) >= 11 is 3.57. The van der Waals surface area contributed by atoms with E-state index in [9.17, 15) is 0 Å². The number of aryl methyl sites for hydroxylation is 1. The molecule has 0 aliphatic rings. The van der Waals surface area contributed by atoms with Gasteiger partial charge < -0.3 is 11.1 Å². The molecule has 0 aliphatic heterocycles. The van der Waals surface area contributed by atoms with Crippen LogP contribution in [0.3, 0.4) is 0 Å². The van der Waals surface area contributed by atoms with Gasteiger partial charge in [0, 0.05) is 33.5 Å². The zero-order chi connectivity index (χ0) is 14.8. The van der Waals surface area contributed by atoms with Gasteiger partial charge in [0.2, 0.25) is 0 Å². The molecule has 3 nitrogen and oxygen atoms in total. The molecule has 21 heavy (non-hydrogen) atoms. The highest BCUT2D eigenvalue weighted by atomic mass is 79.9. The summed E-state index contributed by atoms with van der Waals surface area (Å²) in [6.07, 6.45) is 0. The zero-order valence-electron chi connectivity index (χ0n) is 11.7. The van der Waals surface area contributed by atoms with E-state index in [2.05, 4.69) is 38.4 Å². The van der Waals surface area contributed by atoms with Gasteiger partial charge in [0.25, 0.3) is 0 Å². The van der Waals surface area contributed by atoms with Crippen LogP contribution in [0.25, 0.3) is 10.9 Å². The highest BCUT2D eigenvalue weighted by Crippen LogP contribution is 2.26. The number of anilines is 2. The molecule has 0 bridgehead atoms. The number of nitrogens with one attached hydrogen (secondary N) is 1. The number of aromatic nitrogens is 1. The van der Waals surface area contributed by atoms with Crippen LogP contribution in [0, 0.1) is 6.92 Å². The van der Waals surface area contributed by atoms with Gasteiger partial charge in [0.05, 0.1) is 5.52 Å². The van der Waals surface area contributed by atoms with Crippen LogP contribution in [0.15, 0.2) is 53.0 Å². The number of benzene rings is 2. The molecule has 0 spiro atoms. The smallest absolute Gasteiger partial charge is 0.0727 e.